The number of ether oxygens (including phenoxy) is 1. The number of nitrogens with one attached hydrogen (secondary N) is 2. The van der Waals surface area contributed by atoms with Gasteiger partial charge in [-0.3, -0.25) is 24.9 Å². The van der Waals surface area contributed by atoms with E-state index in [2.05, 4.69) is 15.3 Å². The first-order valence-electron chi connectivity index (χ1n) is 7.96. The lowest BCUT2D eigenvalue weighted by molar-refractivity contribution is -0.124. The molecule has 0 atom stereocenters. The standard InChI is InChI=1S/C18H14N4O5S/c23-15(17(25)22-26)14-10-28-18(20-14)21-16(24)13-8-4-5-11(19-13)9-27-12-6-2-1-3-7-12/h1-8,10,26H,9H2,(H,22,25)(H,20,21,24). The van der Waals surface area contributed by atoms with Gasteiger partial charge in [0, 0.05) is 5.38 Å². The van der Waals surface area contributed by atoms with Gasteiger partial charge in [0.05, 0.1) is 5.69 Å². The van der Waals surface area contributed by atoms with Gasteiger partial charge in [-0.05, 0) is 24.3 Å². The highest BCUT2D eigenvalue weighted by atomic mass is 32.1. The van der Waals surface area contributed by atoms with E-state index in [-0.39, 0.29) is 23.1 Å². The van der Waals surface area contributed by atoms with Crippen LogP contribution < -0.4 is 15.5 Å². The summed E-state index contributed by atoms with van der Waals surface area (Å²) in [4.78, 5) is 43.2. The second-order valence-electron chi connectivity index (χ2n) is 5.38. The number of thiazole rings is 1. The van der Waals surface area contributed by atoms with Crippen LogP contribution in [0.4, 0.5) is 5.13 Å². The first-order chi connectivity index (χ1) is 13.6. The van der Waals surface area contributed by atoms with Crippen LogP contribution in [0.2, 0.25) is 0 Å². The third-order valence-electron chi connectivity index (χ3n) is 3.43. The van der Waals surface area contributed by atoms with Crippen LogP contribution in [0, 0.1) is 0 Å². The summed E-state index contributed by atoms with van der Waals surface area (Å²) in [6, 6.07) is 14.1. The minimum absolute atomic E-state index is 0.117. The molecule has 1 aromatic carbocycles. The number of rotatable bonds is 7. The Hall–Kier alpha value is -3.63. The molecule has 0 fully saturated rings. The number of benzene rings is 1. The molecule has 9 nitrogen and oxygen atoms in total. The largest absolute Gasteiger partial charge is 0.487 e. The summed E-state index contributed by atoms with van der Waals surface area (Å²) < 4.78 is 5.61. The molecule has 3 aromatic rings. The Morgan fingerprint density at radius 3 is 2.54 bits per heavy atom. The van der Waals surface area contributed by atoms with Crippen LogP contribution in [-0.4, -0.2) is 32.8 Å². The van der Waals surface area contributed by atoms with E-state index >= 15 is 0 Å². The number of pyridine rings is 1. The van der Waals surface area contributed by atoms with Gasteiger partial charge in [0.2, 0.25) is 0 Å². The van der Waals surface area contributed by atoms with E-state index in [1.165, 1.54) is 16.9 Å². The second-order valence-corrected chi connectivity index (χ2v) is 6.24. The van der Waals surface area contributed by atoms with E-state index in [0.717, 1.165) is 11.3 Å². The summed E-state index contributed by atoms with van der Waals surface area (Å²) >= 11 is 0.963. The average Bonchev–Trinajstić information content (AvgIpc) is 3.20. The lowest BCUT2D eigenvalue weighted by Gasteiger charge is -2.07. The molecule has 2 heterocycles. The van der Waals surface area contributed by atoms with Crippen molar-refractivity contribution in [1.29, 1.82) is 0 Å². The maximum Gasteiger partial charge on any atom is 0.317 e. The third-order valence-corrected chi connectivity index (χ3v) is 4.19. The van der Waals surface area contributed by atoms with Gasteiger partial charge in [-0.1, -0.05) is 24.3 Å². The zero-order chi connectivity index (χ0) is 19.9. The molecule has 0 radical (unpaired) electrons. The quantitative estimate of drug-likeness (QED) is 0.240. The van der Waals surface area contributed by atoms with Crippen molar-refractivity contribution in [3.63, 3.8) is 0 Å². The smallest absolute Gasteiger partial charge is 0.317 e. The number of anilines is 1. The molecule has 0 unspecified atom stereocenters. The van der Waals surface area contributed by atoms with Crippen molar-refractivity contribution in [1.82, 2.24) is 15.4 Å². The van der Waals surface area contributed by atoms with Gasteiger partial charge >= 0.3 is 5.91 Å². The topological polar surface area (TPSA) is 131 Å². The van der Waals surface area contributed by atoms with Gasteiger partial charge < -0.3 is 4.74 Å². The van der Waals surface area contributed by atoms with Crippen molar-refractivity contribution in [3.05, 3.63) is 71.0 Å². The fourth-order valence-corrected chi connectivity index (χ4v) is 2.81. The number of para-hydroxylation sites is 1. The summed E-state index contributed by atoms with van der Waals surface area (Å²) in [6.45, 7) is 0.192. The predicted molar refractivity (Wildman–Crippen MR) is 99.3 cm³/mol. The molecule has 0 saturated heterocycles. The monoisotopic (exact) mass is 398 g/mol. The molecule has 0 spiro atoms. The van der Waals surface area contributed by atoms with Crippen LogP contribution in [0.15, 0.2) is 53.9 Å². The zero-order valence-electron chi connectivity index (χ0n) is 14.3. The first-order valence-corrected chi connectivity index (χ1v) is 8.84. The van der Waals surface area contributed by atoms with E-state index < -0.39 is 17.6 Å². The van der Waals surface area contributed by atoms with Gasteiger partial charge in [0.25, 0.3) is 11.7 Å². The number of carbonyl (C=O) groups excluding carboxylic acids is 3. The molecule has 0 aliphatic rings. The highest BCUT2D eigenvalue weighted by molar-refractivity contribution is 7.14. The number of hydrogen-bond donors (Lipinski definition) is 3. The molecule has 0 bridgehead atoms. The fourth-order valence-electron chi connectivity index (χ4n) is 2.12. The summed E-state index contributed by atoms with van der Waals surface area (Å²) in [7, 11) is 0. The first kappa shape index (κ1) is 19.1. The van der Waals surface area contributed by atoms with E-state index in [4.69, 9.17) is 9.94 Å². The molecule has 0 aliphatic heterocycles. The SMILES string of the molecule is O=C(NO)C(=O)c1csc(NC(=O)c2cccc(COc3ccccc3)n2)n1. The van der Waals surface area contributed by atoms with E-state index in [1.807, 2.05) is 30.3 Å². The van der Waals surface area contributed by atoms with Crippen LogP contribution >= 0.6 is 11.3 Å². The van der Waals surface area contributed by atoms with E-state index in [0.29, 0.717) is 11.4 Å². The maximum absolute atomic E-state index is 12.4. The number of hydrogen-bond acceptors (Lipinski definition) is 8. The second kappa shape index (κ2) is 8.84. The van der Waals surface area contributed by atoms with Crippen LogP contribution in [0.5, 0.6) is 5.75 Å². The third kappa shape index (κ3) is 4.75. The van der Waals surface area contributed by atoms with Crippen LogP contribution in [-0.2, 0) is 11.4 Å². The average molecular weight is 398 g/mol. The highest BCUT2D eigenvalue weighted by Gasteiger charge is 2.20. The molecule has 2 aromatic heterocycles. The number of nitrogens with zero attached hydrogens (tertiary/aromatic N) is 2. The number of Topliss-reactive ketones (excluding diaryl/α,β-unsaturated/α-hetero) is 1. The molecule has 142 valence electrons. The highest BCUT2D eigenvalue weighted by Crippen LogP contribution is 2.17. The molecule has 3 rings (SSSR count). The molecule has 0 aliphatic carbocycles. The molecular formula is C18H14N4O5S. The maximum atomic E-state index is 12.4. The normalized spacial score (nSPS) is 10.2. The Balaban J connectivity index is 1.64. The Bertz CT molecular complexity index is 1010. The van der Waals surface area contributed by atoms with Crippen LogP contribution in [0.3, 0.4) is 0 Å². The van der Waals surface area contributed by atoms with Crippen molar-refractivity contribution >= 4 is 34.1 Å². The molecule has 2 amide bonds. The molecule has 3 N–H and O–H groups in total. The summed E-state index contributed by atoms with van der Waals surface area (Å²) in [5.41, 5.74) is 1.75. The molecule has 28 heavy (non-hydrogen) atoms. The van der Waals surface area contributed by atoms with Gasteiger partial charge in [-0.15, -0.1) is 11.3 Å². The van der Waals surface area contributed by atoms with Crippen molar-refractivity contribution in [2.45, 2.75) is 6.61 Å². The summed E-state index contributed by atoms with van der Waals surface area (Å²) in [5.74, 6) is -2.07. The Morgan fingerprint density at radius 2 is 1.79 bits per heavy atom. The van der Waals surface area contributed by atoms with E-state index in [1.54, 1.807) is 12.1 Å². The summed E-state index contributed by atoms with van der Waals surface area (Å²) in [5, 5.41) is 12.4. The zero-order valence-corrected chi connectivity index (χ0v) is 15.1. The minimum Gasteiger partial charge on any atom is -0.487 e. The number of ketones is 1. The van der Waals surface area contributed by atoms with Crippen LogP contribution in [0.1, 0.15) is 26.7 Å². The Kier molecular flexibility index (Phi) is 6.04. The Labute approximate surface area is 163 Å². The van der Waals surface area contributed by atoms with Gasteiger partial charge in [0.15, 0.2) is 5.13 Å². The van der Waals surface area contributed by atoms with Crippen molar-refractivity contribution < 1.29 is 24.3 Å². The van der Waals surface area contributed by atoms with Crippen molar-refractivity contribution in [2.75, 3.05) is 5.32 Å². The lowest BCUT2D eigenvalue weighted by atomic mass is 10.3. The van der Waals surface area contributed by atoms with Crippen LogP contribution in [0.25, 0.3) is 0 Å². The molecule has 0 saturated carbocycles. The van der Waals surface area contributed by atoms with E-state index in [9.17, 15) is 14.4 Å². The van der Waals surface area contributed by atoms with Gasteiger partial charge in [-0.2, -0.15) is 0 Å². The van der Waals surface area contributed by atoms with Gasteiger partial charge in [-0.25, -0.2) is 15.4 Å². The number of hydroxylamine groups is 1. The molecular weight excluding hydrogens is 384 g/mol. The lowest BCUT2D eigenvalue weighted by Crippen LogP contribution is -2.28. The Morgan fingerprint density at radius 1 is 1.00 bits per heavy atom. The summed E-state index contributed by atoms with van der Waals surface area (Å²) in [6.07, 6.45) is 0. The number of amides is 2. The minimum atomic E-state index is -1.21. The number of aromatic nitrogens is 2. The van der Waals surface area contributed by atoms with Gasteiger partial charge in [0.1, 0.15) is 23.7 Å². The number of carbonyl (C=O) groups is 3. The van der Waals surface area contributed by atoms with Crippen molar-refractivity contribution in [2.24, 2.45) is 0 Å². The van der Waals surface area contributed by atoms with Crippen molar-refractivity contribution in [3.8, 4) is 5.75 Å². The fraction of sp³-hybridized carbons (Fsp3) is 0.0556. The predicted octanol–water partition coefficient (Wildman–Crippen LogP) is 2.06. The molecule has 10 heteroatoms.